The lowest BCUT2D eigenvalue weighted by Gasteiger charge is -2.18. The fourth-order valence-electron chi connectivity index (χ4n) is 2.12. The van der Waals surface area contributed by atoms with Crippen molar-refractivity contribution in [1.29, 1.82) is 0 Å². The van der Waals surface area contributed by atoms with E-state index in [1.165, 1.54) is 12.0 Å². The minimum atomic E-state index is 0. The van der Waals surface area contributed by atoms with Gasteiger partial charge in [0.25, 0.3) is 0 Å². The molecule has 0 amide bonds. The molecule has 0 spiro atoms. The molecule has 0 aromatic heterocycles. The van der Waals surface area contributed by atoms with Crippen molar-refractivity contribution in [3.8, 4) is 0 Å². The number of aryl methyl sites for hydroxylation is 1. The Morgan fingerprint density at radius 1 is 1.22 bits per heavy atom. The molecule has 2 N–H and O–H groups in total. The van der Waals surface area contributed by atoms with E-state index < -0.39 is 0 Å². The van der Waals surface area contributed by atoms with Gasteiger partial charge in [0, 0.05) is 26.2 Å². The molecule has 23 heavy (non-hydrogen) atoms. The summed E-state index contributed by atoms with van der Waals surface area (Å²) >= 11 is 0. The van der Waals surface area contributed by atoms with Gasteiger partial charge in [-0.3, -0.25) is 4.99 Å². The highest BCUT2D eigenvalue weighted by atomic mass is 127. The Labute approximate surface area is 158 Å². The lowest BCUT2D eigenvalue weighted by atomic mass is 10.1. The number of halogens is 1. The fraction of sp³-hybridized carbons (Fsp3) is 0.611. The molecule has 0 bridgehead atoms. The van der Waals surface area contributed by atoms with Gasteiger partial charge < -0.3 is 15.4 Å². The first-order valence-electron chi connectivity index (χ1n) is 8.35. The second-order valence-corrected chi connectivity index (χ2v) is 5.53. The maximum Gasteiger partial charge on any atom is 0.191 e. The predicted octanol–water partition coefficient (Wildman–Crippen LogP) is 3.61. The van der Waals surface area contributed by atoms with Gasteiger partial charge in [0.2, 0.25) is 0 Å². The van der Waals surface area contributed by atoms with E-state index in [4.69, 9.17) is 4.74 Å². The summed E-state index contributed by atoms with van der Waals surface area (Å²) in [5.41, 5.74) is 1.38. The van der Waals surface area contributed by atoms with Crippen LogP contribution in [0.1, 0.15) is 38.7 Å². The first kappa shape index (κ1) is 22.2. The summed E-state index contributed by atoms with van der Waals surface area (Å²) < 4.78 is 5.53. The SMILES string of the molecule is CCCCOCCNC(=NC)NC(C)CCc1ccccc1.I. The number of unbranched alkanes of at least 4 members (excludes halogenated alkanes) is 1. The number of nitrogens with zero attached hydrogens (tertiary/aromatic N) is 1. The molecule has 0 heterocycles. The molecule has 0 aliphatic heterocycles. The number of hydrogen-bond donors (Lipinski definition) is 2. The molecule has 1 aromatic rings. The molecule has 1 unspecified atom stereocenters. The molecule has 5 heteroatoms. The van der Waals surface area contributed by atoms with Crippen LogP contribution in [0.5, 0.6) is 0 Å². The van der Waals surface area contributed by atoms with Crippen LogP contribution in [0.25, 0.3) is 0 Å². The number of benzene rings is 1. The second kappa shape index (κ2) is 14.8. The molecular formula is C18H32IN3O. The lowest BCUT2D eigenvalue weighted by Crippen LogP contribution is -2.43. The van der Waals surface area contributed by atoms with E-state index >= 15 is 0 Å². The van der Waals surface area contributed by atoms with Gasteiger partial charge in [-0.05, 0) is 31.7 Å². The Hall–Kier alpha value is -0.820. The lowest BCUT2D eigenvalue weighted by molar-refractivity contribution is 0.136. The van der Waals surface area contributed by atoms with Crippen LogP contribution in [-0.2, 0) is 11.2 Å². The Kier molecular flexibility index (Phi) is 14.2. The summed E-state index contributed by atoms with van der Waals surface area (Å²) in [5, 5.41) is 6.71. The van der Waals surface area contributed by atoms with Crippen molar-refractivity contribution in [3.05, 3.63) is 35.9 Å². The minimum absolute atomic E-state index is 0. The third kappa shape index (κ3) is 11.4. The second-order valence-electron chi connectivity index (χ2n) is 5.53. The highest BCUT2D eigenvalue weighted by Gasteiger charge is 2.05. The van der Waals surface area contributed by atoms with Crippen molar-refractivity contribution < 1.29 is 4.74 Å². The van der Waals surface area contributed by atoms with E-state index in [0.29, 0.717) is 6.04 Å². The summed E-state index contributed by atoms with van der Waals surface area (Å²) in [6.45, 7) is 6.71. The summed E-state index contributed by atoms with van der Waals surface area (Å²) in [6, 6.07) is 11.0. The number of guanidine groups is 1. The largest absolute Gasteiger partial charge is 0.380 e. The molecule has 1 aromatic carbocycles. The van der Waals surface area contributed by atoms with Gasteiger partial charge in [-0.25, -0.2) is 0 Å². The number of aliphatic imine (C=N–C) groups is 1. The average molecular weight is 433 g/mol. The van der Waals surface area contributed by atoms with Crippen LogP contribution in [0.2, 0.25) is 0 Å². The first-order valence-corrected chi connectivity index (χ1v) is 8.35. The van der Waals surface area contributed by atoms with Crippen LogP contribution in [0.4, 0.5) is 0 Å². The van der Waals surface area contributed by atoms with Crippen molar-refractivity contribution in [2.24, 2.45) is 4.99 Å². The molecule has 4 nitrogen and oxygen atoms in total. The van der Waals surface area contributed by atoms with Crippen LogP contribution >= 0.6 is 24.0 Å². The molecule has 0 aliphatic rings. The van der Waals surface area contributed by atoms with Gasteiger partial charge >= 0.3 is 0 Å². The van der Waals surface area contributed by atoms with E-state index in [-0.39, 0.29) is 24.0 Å². The molecule has 0 fully saturated rings. The van der Waals surface area contributed by atoms with Gasteiger partial charge in [-0.1, -0.05) is 43.7 Å². The molecule has 132 valence electrons. The van der Waals surface area contributed by atoms with Crippen molar-refractivity contribution in [3.63, 3.8) is 0 Å². The van der Waals surface area contributed by atoms with E-state index in [1.807, 2.05) is 0 Å². The van der Waals surface area contributed by atoms with Crippen LogP contribution in [0, 0.1) is 0 Å². The monoisotopic (exact) mass is 433 g/mol. The van der Waals surface area contributed by atoms with Gasteiger partial charge in [0.1, 0.15) is 0 Å². The fourth-order valence-corrected chi connectivity index (χ4v) is 2.12. The van der Waals surface area contributed by atoms with E-state index in [1.54, 1.807) is 7.05 Å². The molecular weight excluding hydrogens is 401 g/mol. The minimum Gasteiger partial charge on any atom is -0.380 e. The Balaban J connectivity index is 0.00000484. The van der Waals surface area contributed by atoms with Crippen LogP contribution in [0.15, 0.2) is 35.3 Å². The van der Waals surface area contributed by atoms with Crippen molar-refractivity contribution in [1.82, 2.24) is 10.6 Å². The Morgan fingerprint density at radius 2 is 1.96 bits per heavy atom. The topological polar surface area (TPSA) is 45.6 Å². The van der Waals surface area contributed by atoms with Gasteiger partial charge in [-0.2, -0.15) is 0 Å². The zero-order valence-corrected chi connectivity index (χ0v) is 17.0. The number of ether oxygens (including phenoxy) is 1. The van der Waals surface area contributed by atoms with Crippen molar-refractivity contribution >= 4 is 29.9 Å². The third-order valence-electron chi connectivity index (χ3n) is 3.50. The molecule has 1 atom stereocenters. The summed E-state index contributed by atoms with van der Waals surface area (Å²) in [6.07, 6.45) is 4.46. The smallest absolute Gasteiger partial charge is 0.191 e. The molecule has 0 saturated carbocycles. The van der Waals surface area contributed by atoms with E-state index in [9.17, 15) is 0 Å². The maximum atomic E-state index is 5.53. The zero-order valence-electron chi connectivity index (χ0n) is 14.7. The quantitative estimate of drug-likeness (QED) is 0.257. The zero-order chi connectivity index (χ0) is 16.0. The van der Waals surface area contributed by atoms with Crippen LogP contribution in [0.3, 0.4) is 0 Å². The van der Waals surface area contributed by atoms with E-state index in [0.717, 1.165) is 45.0 Å². The van der Waals surface area contributed by atoms with Crippen LogP contribution < -0.4 is 10.6 Å². The maximum absolute atomic E-state index is 5.53. The average Bonchev–Trinajstić information content (AvgIpc) is 2.56. The normalized spacial score (nSPS) is 12.4. The first-order chi connectivity index (χ1) is 10.8. The number of hydrogen-bond acceptors (Lipinski definition) is 2. The van der Waals surface area contributed by atoms with Crippen molar-refractivity contribution in [2.75, 3.05) is 26.8 Å². The van der Waals surface area contributed by atoms with E-state index in [2.05, 4.69) is 59.8 Å². The molecule has 0 radical (unpaired) electrons. The number of rotatable bonds is 10. The summed E-state index contributed by atoms with van der Waals surface area (Å²) in [4.78, 5) is 4.26. The highest BCUT2D eigenvalue weighted by molar-refractivity contribution is 14.0. The standard InChI is InChI=1S/C18H31N3O.HI/c1-4-5-14-22-15-13-20-18(19-3)21-16(2)11-12-17-9-7-6-8-10-17;/h6-10,16H,4-5,11-15H2,1-3H3,(H2,19,20,21);1H. The van der Waals surface area contributed by atoms with Gasteiger partial charge in [0.05, 0.1) is 6.61 Å². The van der Waals surface area contributed by atoms with Crippen molar-refractivity contribution in [2.45, 2.75) is 45.6 Å². The molecule has 0 saturated heterocycles. The summed E-state index contributed by atoms with van der Waals surface area (Å²) in [7, 11) is 1.80. The molecule has 1 rings (SSSR count). The third-order valence-corrected chi connectivity index (χ3v) is 3.50. The Morgan fingerprint density at radius 3 is 2.61 bits per heavy atom. The molecule has 0 aliphatic carbocycles. The Bertz CT molecular complexity index is 412. The highest BCUT2D eigenvalue weighted by Crippen LogP contribution is 2.04. The van der Waals surface area contributed by atoms with Crippen LogP contribution in [-0.4, -0.2) is 38.8 Å². The van der Waals surface area contributed by atoms with Gasteiger partial charge in [0.15, 0.2) is 5.96 Å². The predicted molar refractivity (Wildman–Crippen MR) is 110 cm³/mol. The number of nitrogens with one attached hydrogen (secondary N) is 2. The summed E-state index contributed by atoms with van der Waals surface area (Å²) in [5.74, 6) is 0.847. The van der Waals surface area contributed by atoms with Gasteiger partial charge in [-0.15, -0.1) is 24.0 Å².